The number of nitro benzene ring substituents is 1. The molecule has 0 saturated heterocycles. The molecule has 1 aliphatic heterocycles. The van der Waals surface area contributed by atoms with Gasteiger partial charge in [-0.15, -0.1) is 0 Å². The maximum absolute atomic E-state index is 13.8. The molecule has 0 spiro atoms. The Morgan fingerprint density at radius 2 is 1.87 bits per heavy atom. The molecule has 0 aliphatic carbocycles. The number of benzene rings is 3. The summed E-state index contributed by atoms with van der Waals surface area (Å²) in [5, 5.41) is 14.1. The van der Waals surface area contributed by atoms with Crippen molar-refractivity contribution in [1.29, 1.82) is 0 Å². The van der Waals surface area contributed by atoms with Crippen molar-refractivity contribution >= 4 is 34.7 Å². The van der Waals surface area contributed by atoms with E-state index in [-0.39, 0.29) is 17.2 Å². The molecule has 2 heterocycles. The first-order chi connectivity index (χ1) is 18.4. The normalized spacial score (nSPS) is 15.0. The fraction of sp³-hybridized carbons (Fsp3) is 0.107. The highest BCUT2D eigenvalue weighted by Gasteiger charge is 2.32. The lowest BCUT2D eigenvalue weighted by Crippen LogP contribution is -2.40. The zero-order valence-electron chi connectivity index (χ0n) is 20.5. The lowest BCUT2D eigenvalue weighted by molar-refractivity contribution is -0.384. The van der Waals surface area contributed by atoms with E-state index in [1.165, 1.54) is 16.7 Å². The second-order valence-electron chi connectivity index (χ2n) is 8.53. The summed E-state index contributed by atoms with van der Waals surface area (Å²) in [5.41, 5.74) is 2.19. The number of non-ortho nitro benzene ring substituents is 1. The van der Waals surface area contributed by atoms with Gasteiger partial charge in [0.2, 0.25) is 0 Å². The third kappa shape index (κ3) is 4.76. The number of methoxy groups -OCH3 is 1. The van der Waals surface area contributed by atoms with Gasteiger partial charge in [-0.1, -0.05) is 53.8 Å². The number of fused-ring (bicyclic) bond motifs is 1. The van der Waals surface area contributed by atoms with Crippen molar-refractivity contribution in [2.45, 2.75) is 13.0 Å². The summed E-state index contributed by atoms with van der Waals surface area (Å²) in [5.74, 6) is 0.205. The van der Waals surface area contributed by atoms with Gasteiger partial charge in [-0.05, 0) is 48.4 Å². The number of hydrogen-bond acceptors (Lipinski definition) is 7. The number of nitrogens with zero attached hydrogens (tertiary/aromatic N) is 3. The zero-order valence-corrected chi connectivity index (χ0v) is 21.3. The minimum absolute atomic E-state index is 0.0727. The Morgan fingerprint density at radius 3 is 2.61 bits per heavy atom. The van der Waals surface area contributed by atoms with E-state index in [9.17, 15) is 19.7 Å². The highest BCUT2D eigenvalue weighted by Crippen LogP contribution is 2.32. The molecule has 190 valence electrons. The first kappa shape index (κ1) is 24.8. The molecular formula is C28H22N4O5S. The van der Waals surface area contributed by atoms with Crippen LogP contribution in [0.2, 0.25) is 0 Å². The molecule has 1 atom stereocenters. The predicted octanol–water partition coefficient (Wildman–Crippen LogP) is 3.79. The molecule has 0 bridgehead atoms. The van der Waals surface area contributed by atoms with E-state index < -0.39 is 11.0 Å². The molecule has 10 heteroatoms. The number of thiazole rings is 1. The van der Waals surface area contributed by atoms with Crippen LogP contribution in [-0.4, -0.2) is 22.5 Å². The van der Waals surface area contributed by atoms with Crippen molar-refractivity contribution in [3.63, 3.8) is 0 Å². The van der Waals surface area contributed by atoms with Gasteiger partial charge in [0, 0.05) is 17.8 Å². The number of allylic oxidation sites excluding steroid dienone is 1. The van der Waals surface area contributed by atoms with Crippen LogP contribution < -0.4 is 24.9 Å². The van der Waals surface area contributed by atoms with Gasteiger partial charge in [-0.2, -0.15) is 0 Å². The number of nitrogens with one attached hydrogen (secondary N) is 1. The van der Waals surface area contributed by atoms with E-state index in [0.29, 0.717) is 43.2 Å². The van der Waals surface area contributed by atoms with Crippen LogP contribution in [0, 0.1) is 10.1 Å². The molecule has 1 aromatic heterocycles. The van der Waals surface area contributed by atoms with Crippen LogP contribution in [-0.2, 0) is 4.79 Å². The standard InChI is InChI=1S/C28H22N4O5S/c1-17-24(26(33)30-20-10-4-3-5-11-20)25(19-9-7-13-22(16-19)37-2)31-27(34)23(38-28(31)29-17)15-18-8-6-12-21(14-18)32(35)36/h3-16,25H,1-2H3,(H,30,33)/b23-15-/t25-/m1/s1. The van der Waals surface area contributed by atoms with Gasteiger partial charge >= 0.3 is 0 Å². The molecule has 3 aromatic carbocycles. The largest absolute Gasteiger partial charge is 0.497 e. The topological polar surface area (TPSA) is 116 Å². The van der Waals surface area contributed by atoms with Gasteiger partial charge in [-0.25, -0.2) is 4.99 Å². The smallest absolute Gasteiger partial charge is 0.271 e. The molecule has 1 amide bonds. The monoisotopic (exact) mass is 526 g/mol. The minimum Gasteiger partial charge on any atom is -0.497 e. The Morgan fingerprint density at radius 1 is 1.11 bits per heavy atom. The number of carbonyl (C=O) groups excluding carboxylic acids is 1. The molecule has 4 aromatic rings. The van der Waals surface area contributed by atoms with Crippen molar-refractivity contribution in [3.8, 4) is 5.75 Å². The second kappa shape index (κ2) is 10.3. The first-order valence-corrected chi connectivity index (χ1v) is 12.4. The van der Waals surface area contributed by atoms with E-state index >= 15 is 0 Å². The number of ether oxygens (including phenoxy) is 1. The Bertz CT molecular complexity index is 1770. The summed E-state index contributed by atoms with van der Waals surface area (Å²) in [6, 6.07) is 21.5. The fourth-order valence-electron chi connectivity index (χ4n) is 4.34. The summed E-state index contributed by atoms with van der Waals surface area (Å²) >= 11 is 1.16. The van der Waals surface area contributed by atoms with Gasteiger partial charge in [0.15, 0.2) is 4.80 Å². The van der Waals surface area contributed by atoms with Crippen LogP contribution in [0.15, 0.2) is 99.9 Å². The molecule has 9 nitrogen and oxygen atoms in total. The Labute approximate surface area is 220 Å². The number of amides is 1. The Kier molecular flexibility index (Phi) is 6.71. The van der Waals surface area contributed by atoms with Crippen LogP contribution in [0.25, 0.3) is 6.08 Å². The summed E-state index contributed by atoms with van der Waals surface area (Å²) in [4.78, 5) is 43.1. The van der Waals surface area contributed by atoms with Crippen LogP contribution in [0.5, 0.6) is 5.75 Å². The average molecular weight is 527 g/mol. The summed E-state index contributed by atoms with van der Waals surface area (Å²) < 4.78 is 7.25. The maximum atomic E-state index is 13.8. The molecule has 5 rings (SSSR count). The number of hydrogen-bond donors (Lipinski definition) is 1. The number of carbonyl (C=O) groups is 1. The number of nitro groups is 1. The number of para-hydroxylation sites is 1. The van der Waals surface area contributed by atoms with Crippen LogP contribution in [0.3, 0.4) is 0 Å². The Balaban J connectivity index is 1.68. The number of rotatable bonds is 6. The van der Waals surface area contributed by atoms with Crippen molar-refractivity contribution in [2.24, 2.45) is 4.99 Å². The average Bonchev–Trinajstić information content (AvgIpc) is 3.22. The van der Waals surface area contributed by atoms with Crippen molar-refractivity contribution < 1.29 is 14.5 Å². The van der Waals surface area contributed by atoms with Gasteiger partial charge < -0.3 is 10.1 Å². The van der Waals surface area contributed by atoms with E-state index in [4.69, 9.17) is 4.74 Å². The van der Waals surface area contributed by atoms with Crippen LogP contribution in [0.4, 0.5) is 11.4 Å². The molecule has 0 unspecified atom stereocenters. The second-order valence-corrected chi connectivity index (χ2v) is 9.54. The van der Waals surface area contributed by atoms with Crippen LogP contribution in [0.1, 0.15) is 24.1 Å². The highest BCUT2D eigenvalue weighted by atomic mass is 32.1. The molecule has 0 fully saturated rings. The fourth-order valence-corrected chi connectivity index (χ4v) is 5.38. The molecule has 0 saturated carbocycles. The van der Waals surface area contributed by atoms with Gasteiger partial charge in [0.05, 0.1) is 33.9 Å². The maximum Gasteiger partial charge on any atom is 0.271 e. The number of anilines is 1. The Hall–Kier alpha value is -4.83. The predicted molar refractivity (Wildman–Crippen MR) is 145 cm³/mol. The molecule has 38 heavy (non-hydrogen) atoms. The molecule has 0 radical (unpaired) electrons. The first-order valence-electron chi connectivity index (χ1n) is 11.6. The summed E-state index contributed by atoms with van der Waals surface area (Å²) in [6.45, 7) is 1.74. The van der Waals surface area contributed by atoms with Crippen molar-refractivity contribution in [2.75, 3.05) is 12.4 Å². The van der Waals surface area contributed by atoms with Crippen molar-refractivity contribution in [3.05, 3.63) is 131 Å². The van der Waals surface area contributed by atoms with Gasteiger partial charge in [-0.3, -0.25) is 24.3 Å². The van der Waals surface area contributed by atoms with E-state index in [1.54, 1.807) is 62.6 Å². The highest BCUT2D eigenvalue weighted by molar-refractivity contribution is 7.07. The zero-order chi connectivity index (χ0) is 26.8. The quantitative estimate of drug-likeness (QED) is 0.303. The molecular weight excluding hydrogens is 504 g/mol. The SMILES string of the molecule is COc1cccc([C@@H]2C(C(=O)Nc3ccccc3)=C(C)N=c3s/c(=C\c4cccc([N+](=O)[O-])c4)c(=O)n32)c1. The third-order valence-corrected chi connectivity index (χ3v) is 7.07. The number of aromatic nitrogens is 1. The lowest BCUT2D eigenvalue weighted by Gasteiger charge is -2.25. The van der Waals surface area contributed by atoms with E-state index in [1.807, 2.05) is 24.3 Å². The third-order valence-electron chi connectivity index (χ3n) is 6.09. The van der Waals surface area contributed by atoms with E-state index in [2.05, 4.69) is 10.3 Å². The molecule has 1 N–H and O–H groups in total. The minimum atomic E-state index is -0.766. The van der Waals surface area contributed by atoms with Crippen molar-refractivity contribution in [1.82, 2.24) is 4.57 Å². The molecule has 1 aliphatic rings. The van der Waals surface area contributed by atoms with Gasteiger partial charge in [0.1, 0.15) is 5.75 Å². The van der Waals surface area contributed by atoms with E-state index in [0.717, 1.165) is 11.3 Å². The lowest BCUT2D eigenvalue weighted by atomic mass is 9.95. The summed E-state index contributed by atoms with van der Waals surface area (Å²) in [6.07, 6.45) is 1.60. The van der Waals surface area contributed by atoms with Crippen LogP contribution >= 0.6 is 11.3 Å². The van der Waals surface area contributed by atoms with Gasteiger partial charge in [0.25, 0.3) is 17.2 Å². The summed E-state index contributed by atoms with van der Waals surface area (Å²) in [7, 11) is 1.55.